The Bertz CT molecular complexity index is 338. The van der Waals surface area contributed by atoms with Crippen molar-refractivity contribution in [2.75, 3.05) is 0 Å². The summed E-state index contributed by atoms with van der Waals surface area (Å²) < 4.78 is 12.8. The lowest BCUT2D eigenvalue weighted by molar-refractivity contribution is 0.101. The standard InChI is InChI=1S/C8H4Cl3FO/c9-6-4(7(13)8(10)11)2-1-3-5(6)12/h1-3,8H. The van der Waals surface area contributed by atoms with Gasteiger partial charge in [0.05, 0.1) is 5.02 Å². The fourth-order valence-electron chi connectivity index (χ4n) is 0.812. The zero-order valence-electron chi connectivity index (χ0n) is 6.23. The quantitative estimate of drug-likeness (QED) is 0.572. The molecule has 0 saturated carbocycles. The predicted molar refractivity (Wildman–Crippen MR) is 51.2 cm³/mol. The predicted octanol–water partition coefficient (Wildman–Crippen LogP) is 3.47. The summed E-state index contributed by atoms with van der Waals surface area (Å²) >= 11 is 16.2. The second-order valence-electron chi connectivity index (χ2n) is 2.27. The van der Waals surface area contributed by atoms with Gasteiger partial charge in [-0.15, -0.1) is 0 Å². The highest BCUT2D eigenvalue weighted by molar-refractivity contribution is 6.56. The Morgan fingerprint density at radius 3 is 2.54 bits per heavy atom. The van der Waals surface area contributed by atoms with E-state index in [1.807, 2.05) is 0 Å². The van der Waals surface area contributed by atoms with Crippen LogP contribution in [0.5, 0.6) is 0 Å². The first kappa shape index (κ1) is 10.8. The normalized spacial score (nSPS) is 10.5. The topological polar surface area (TPSA) is 17.1 Å². The minimum atomic E-state index is -1.22. The van der Waals surface area contributed by atoms with Gasteiger partial charge in [-0.1, -0.05) is 40.9 Å². The zero-order valence-corrected chi connectivity index (χ0v) is 8.50. The molecular formula is C8H4Cl3FO. The van der Waals surface area contributed by atoms with E-state index in [1.54, 1.807) is 0 Å². The molecule has 5 heteroatoms. The van der Waals surface area contributed by atoms with E-state index in [0.29, 0.717) is 0 Å². The van der Waals surface area contributed by atoms with Crippen molar-refractivity contribution >= 4 is 40.6 Å². The maximum Gasteiger partial charge on any atom is 0.197 e. The average Bonchev–Trinajstić information content (AvgIpc) is 2.08. The van der Waals surface area contributed by atoms with Crippen LogP contribution in [0.1, 0.15) is 10.4 Å². The molecular weight excluding hydrogens is 237 g/mol. The molecule has 0 radical (unpaired) electrons. The SMILES string of the molecule is O=C(c1cccc(F)c1Cl)C(Cl)Cl. The lowest BCUT2D eigenvalue weighted by Crippen LogP contribution is -2.09. The summed E-state index contributed by atoms with van der Waals surface area (Å²) in [5.41, 5.74) is -0.00309. The molecule has 13 heavy (non-hydrogen) atoms. The number of hydrogen-bond donors (Lipinski definition) is 0. The molecule has 1 aromatic carbocycles. The largest absolute Gasteiger partial charge is 0.291 e. The van der Waals surface area contributed by atoms with Crippen LogP contribution in [0.2, 0.25) is 5.02 Å². The van der Waals surface area contributed by atoms with Gasteiger partial charge in [0.25, 0.3) is 0 Å². The Morgan fingerprint density at radius 2 is 2.00 bits per heavy atom. The molecule has 1 aromatic rings. The number of ketones is 1. The van der Waals surface area contributed by atoms with Crippen LogP contribution in [-0.4, -0.2) is 10.6 Å². The summed E-state index contributed by atoms with van der Waals surface area (Å²) in [6, 6.07) is 3.88. The molecule has 0 unspecified atom stereocenters. The second kappa shape index (κ2) is 4.27. The summed E-state index contributed by atoms with van der Waals surface area (Å²) in [6.45, 7) is 0. The third-order valence-electron chi connectivity index (χ3n) is 1.42. The van der Waals surface area contributed by atoms with E-state index >= 15 is 0 Å². The van der Waals surface area contributed by atoms with E-state index in [2.05, 4.69) is 0 Å². The summed E-state index contributed by atoms with van der Waals surface area (Å²) in [4.78, 5) is 9.98. The fraction of sp³-hybridized carbons (Fsp3) is 0.125. The highest BCUT2D eigenvalue weighted by atomic mass is 35.5. The Balaban J connectivity index is 3.15. The second-order valence-corrected chi connectivity index (χ2v) is 3.74. The molecule has 1 nitrogen and oxygen atoms in total. The molecule has 0 fully saturated rings. The van der Waals surface area contributed by atoms with Gasteiger partial charge in [0.2, 0.25) is 0 Å². The Kier molecular flexibility index (Phi) is 3.54. The van der Waals surface area contributed by atoms with E-state index < -0.39 is 16.4 Å². The number of Topliss-reactive ketones (excluding diaryl/α,β-unsaturated/α-hetero) is 1. The van der Waals surface area contributed by atoms with Crippen LogP contribution in [-0.2, 0) is 0 Å². The van der Waals surface area contributed by atoms with Gasteiger partial charge in [0.15, 0.2) is 10.6 Å². The monoisotopic (exact) mass is 240 g/mol. The van der Waals surface area contributed by atoms with Gasteiger partial charge in [-0.25, -0.2) is 4.39 Å². The van der Waals surface area contributed by atoms with Gasteiger partial charge >= 0.3 is 0 Å². The first-order chi connectivity index (χ1) is 6.04. The molecule has 0 heterocycles. The van der Waals surface area contributed by atoms with Crippen molar-refractivity contribution in [2.45, 2.75) is 4.84 Å². The Labute approximate surface area is 89.4 Å². The summed E-state index contributed by atoms with van der Waals surface area (Å²) in [6.07, 6.45) is 0. The number of halogens is 4. The van der Waals surface area contributed by atoms with Crippen LogP contribution < -0.4 is 0 Å². The van der Waals surface area contributed by atoms with E-state index in [9.17, 15) is 9.18 Å². The van der Waals surface area contributed by atoms with E-state index in [0.717, 1.165) is 6.07 Å². The smallest absolute Gasteiger partial charge is 0.197 e. The minimum absolute atomic E-state index is 0.00309. The lowest BCUT2D eigenvalue weighted by atomic mass is 10.1. The molecule has 0 atom stereocenters. The van der Waals surface area contributed by atoms with E-state index in [4.69, 9.17) is 34.8 Å². The Hall–Kier alpha value is -0.310. The Morgan fingerprint density at radius 1 is 1.38 bits per heavy atom. The maximum absolute atomic E-state index is 12.8. The highest BCUT2D eigenvalue weighted by Crippen LogP contribution is 2.23. The van der Waals surface area contributed by atoms with Gasteiger partial charge in [-0.05, 0) is 12.1 Å². The maximum atomic E-state index is 12.8. The van der Waals surface area contributed by atoms with Crippen LogP contribution in [0.15, 0.2) is 18.2 Å². The van der Waals surface area contributed by atoms with Crippen LogP contribution in [0.25, 0.3) is 0 Å². The summed E-state index contributed by atoms with van der Waals surface area (Å²) in [5.74, 6) is -1.27. The molecule has 0 aliphatic heterocycles. The third-order valence-corrected chi connectivity index (χ3v) is 2.20. The van der Waals surface area contributed by atoms with Gasteiger partial charge in [0.1, 0.15) is 5.82 Å². The van der Waals surface area contributed by atoms with Crippen molar-refractivity contribution in [1.29, 1.82) is 0 Å². The van der Waals surface area contributed by atoms with Crippen molar-refractivity contribution in [1.82, 2.24) is 0 Å². The van der Waals surface area contributed by atoms with Crippen molar-refractivity contribution < 1.29 is 9.18 Å². The fourth-order valence-corrected chi connectivity index (χ4v) is 1.27. The van der Waals surface area contributed by atoms with Gasteiger partial charge < -0.3 is 0 Å². The first-order valence-electron chi connectivity index (χ1n) is 3.30. The van der Waals surface area contributed by atoms with Gasteiger partial charge in [-0.3, -0.25) is 4.79 Å². The molecule has 0 N–H and O–H groups in total. The minimum Gasteiger partial charge on any atom is -0.291 e. The van der Waals surface area contributed by atoms with Gasteiger partial charge in [-0.2, -0.15) is 0 Å². The molecule has 70 valence electrons. The number of carbonyl (C=O) groups is 1. The molecule has 0 spiro atoms. The van der Waals surface area contributed by atoms with Crippen LogP contribution in [0.4, 0.5) is 4.39 Å². The zero-order chi connectivity index (χ0) is 10.0. The van der Waals surface area contributed by atoms with Crippen molar-refractivity contribution in [3.8, 4) is 0 Å². The van der Waals surface area contributed by atoms with Gasteiger partial charge in [0, 0.05) is 5.56 Å². The number of alkyl halides is 2. The molecule has 0 aliphatic rings. The molecule has 0 aliphatic carbocycles. The molecule has 0 amide bonds. The number of rotatable bonds is 2. The van der Waals surface area contributed by atoms with Crippen LogP contribution in [0.3, 0.4) is 0 Å². The van der Waals surface area contributed by atoms with Crippen molar-refractivity contribution in [3.05, 3.63) is 34.6 Å². The first-order valence-corrected chi connectivity index (χ1v) is 4.55. The number of benzene rings is 1. The summed E-state index contributed by atoms with van der Waals surface area (Å²) in [5, 5.41) is -0.251. The average molecular weight is 241 g/mol. The lowest BCUT2D eigenvalue weighted by Gasteiger charge is -2.03. The molecule has 0 aromatic heterocycles. The molecule has 0 bridgehead atoms. The van der Waals surface area contributed by atoms with Crippen molar-refractivity contribution in [2.24, 2.45) is 0 Å². The van der Waals surface area contributed by atoms with Crippen LogP contribution in [0, 0.1) is 5.82 Å². The highest BCUT2D eigenvalue weighted by Gasteiger charge is 2.18. The van der Waals surface area contributed by atoms with E-state index in [1.165, 1.54) is 12.1 Å². The molecule has 0 saturated heterocycles. The number of hydrogen-bond acceptors (Lipinski definition) is 1. The van der Waals surface area contributed by atoms with Crippen LogP contribution >= 0.6 is 34.8 Å². The third kappa shape index (κ3) is 2.33. The van der Waals surface area contributed by atoms with Crippen molar-refractivity contribution in [3.63, 3.8) is 0 Å². The molecule has 1 rings (SSSR count). The number of carbonyl (C=O) groups excluding carboxylic acids is 1. The van der Waals surface area contributed by atoms with E-state index in [-0.39, 0.29) is 10.6 Å². The summed E-state index contributed by atoms with van der Waals surface area (Å²) in [7, 11) is 0.